The molecule has 0 unspecified atom stereocenters. The number of hydrogen-bond donors (Lipinski definition) is 1. The Bertz CT molecular complexity index is 1090. The highest BCUT2D eigenvalue weighted by atomic mass is 35.5. The van der Waals surface area contributed by atoms with E-state index in [1.165, 1.54) is 12.1 Å². The monoisotopic (exact) mass is 421 g/mol. The summed E-state index contributed by atoms with van der Waals surface area (Å²) in [4.78, 5) is 45.7. The fourth-order valence-electron chi connectivity index (χ4n) is 2.43. The van der Waals surface area contributed by atoms with Gasteiger partial charge in [-0.05, 0) is 36.0 Å². The zero-order chi connectivity index (χ0) is 20.6. The minimum atomic E-state index is -0.989. The van der Waals surface area contributed by atoms with Gasteiger partial charge in [-0.3, -0.25) is 29.8 Å². The zero-order valence-electron chi connectivity index (χ0n) is 13.6. The van der Waals surface area contributed by atoms with E-state index in [0.717, 1.165) is 17.0 Å². The van der Waals surface area contributed by atoms with Crippen LogP contribution in [0.3, 0.4) is 0 Å². The molecule has 2 aromatic rings. The summed E-state index contributed by atoms with van der Waals surface area (Å²) in [7, 11) is 0. The van der Waals surface area contributed by atoms with Gasteiger partial charge in [0, 0.05) is 16.7 Å². The Labute approximate surface area is 165 Å². The highest BCUT2D eigenvalue weighted by molar-refractivity contribution is 8.19. The Kier molecular flexibility index (Phi) is 5.03. The SMILES string of the molecule is O=C1S/C(=C/c2cc([N+](=O)[O-])cc([N+](=O)[O-])c2O)C(=O)N1c1cccc(Cl)c1. The molecule has 0 bridgehead atoms. The lowest BCUT2D eigenvalue weighted by molar-refractivity contribution is -0.394. The van der Waals surface area contributed by atoms with E-state index < -0.39 is 38.1 Å². The molecule has 0 aromatic heterocycles. The average molecular weight is 422 g/mol. The molecule has 0 radical (unpaired) electrons. The lowest BCUT2D eigenvalue weighted by Gasteiger charge is -2.12. The molecule has 2 amide bonds. The van der Waals surface area contributed by atoms with Crippen LogP contribution >= 0.6 is 23.4 Å². The average Bonchev–Trinajstić information content (AvgIpc) is 2.89. The Morgan fingerprint density at radius 2 is 1.82 bits per heavy atom. The molecule has 0 spiro atoms. The van der Waals surface area contributed by atoms with Crippen LogP contribution < -0.4 is 4.90 Å². The molecule has 1 heterocycles. The molecule has 3 rings (SSSR count). The van der Waals surface area contributed by atoms with Gasteiger partial charge in [-0.25, -0.2) is 4.90 Å². The van der Waals surface area contributed by atoms with Crippen LogP contribution in [0, 0.1) is 20.2 Å². The van der Waals surface area contributed by atoms with Gasteiger partial charge in [-0.2, -0.15) is 0 Å². The maximum Gasteiger partial charge on any atom is 0.318 e. The molecule has 1 aliphatic heterocycles. The minimum absolute atomic E-state index is 0.171. The van der Waals surface area contributed by atoms with Crippen LogP contribution in [0.2, 0.25) is 5.02 Å². The zero-order valence-corrected chi connectivity index (χ0v) is 15.1. The molecule has 10 nitrogen and oxygen atoms in total. The van der Waals surface area contributed by atoms with Crippen molar-refractivity contribution in [3.8, 4) is 5.75 Å². The maximum absolute atomic E-state index is 12.6. The number of amides is 2. The van der Waals surface area contributed by atoms with E-state index in [1.54, 1.807) is 12.1 Å². The Morgan fingerprint density at radius 3 is 2.43 bits per heavy atom. The van der Waals surface area contributed by atoms with Gasteiger partial charge in [0.2, 0.25) is 5.75 Å². The number of phenols is 1. The van der Waals surface area contributed by atoms with Crippen LogP contribution in [-0.4, -0.2) is 26.1 Å². The van der Waals surface area contributed by atoms with Crippen molar-refractivity contribution in [2.45, 2.75) is 0 Å². The van der Waals surface area contributed by atoms with Crippen molar-refractivity contribution < 1.29 is 24.5 Å². The number of aromatic hydroxyl groups is 1. The second kappa shape index (κ2) is 7.29. The summed E-state index contributed by atoms with van der Waals surface area (Å²) in [6.45, 7) is 0. The van der Waals surface area contributed by atoms with Gasteiger partial charge in [-0.15, -0.1) is 0 Å². The van der Waals surface area contributed by atoms with Gasteiger partial charge in [0.05, 0.1) is 26.5 Å². The normalized spacial score (nSPS) is 15.3. The second-order valence-electron chi connectivity index (χ2n) is 5.41. The predicted molar refractivity (Wildman–Crippen MR) is 101 cm³/mol. The van der Waals surface area contributed by atoms with Gasteiger partial charge in [0.25, 0.3) is 16.8 Å². The van der Waals surface area contributed by atoms with E-state index >= 15 is 0 Å². The fraction of sp³-hybridized carbons (Fsp3) is 0. The van der Waals surface area contributed by atoms with Crippen molar-refractivity contribution in [1.29, 1.82) is 0 Å². The quantitative estimate of drug-likeness (QED) is 0.441. The Morgan fingerprint density at radius 1 is 1.11 bits per heavy atom. The van der Waals surface area contributed by atoms with Crippen LogP contribution in [0.5, 0.6) is 5.75 Å². The first-order chi connectivity index (χ1) is 13.2. The second-order valence-corrected chi connectivity index (χ2v) is 6.84. The molecular formula is C16H8ClN3O7S. The Balaban J connectivity index is 2.07. The number of thioether (sulfide) groups is 1. The molecule has 1 N–H and O–H groups in total. The van der Waals surface area contributed by atoms with Crippen molar-refractivity contribution >= 4 is 57.6 Å². The molecule has 12 heteroatoms. The van der Waals surface area contributed by atoms with E-state index in [2.05, 4.69) is 0 Å². The van der Waals surface area contributed by atoms with Gasteiger partial charge >= 0.3 is 5.69 Å². The number of phenolic OH excluding ortho intramolecular Hbond substituents is 1. The Hall–Kier alpha value is -3.44. The van der Waals surface area contributed by atoms with E-state index in [4.69, 9.17) is 11.6 Å². The van der Waals surface area contributed by atoms with Crippen LogP contribution in [0.4, 0.5) is 21.9 Å². The molecule has 28 heavy (non-hydrogen) atoms. The van der Waals surface area contributed by atoms with Crippen LogP contribution in [0.1, 0.15) is 5.56 Å². The van der Waals surface area contributed by atoms with Gasteiger partial charge in [0.1, 0.15) is 0 Å². The summed E-state index contributed by atoms with van der Waals surface area (Å²) in [6.07, 6.45) is 0.991. The molecule has 0 saturated carbocycles. The summed E-state index contributed by atoms with van der Waals surface area (Å²) in [6, 6.07) is 7.46. The smallest absolute Gasteiger partial charge is 0.318 e. The van der Waals surface area contributed by atoms with Gasteiger partial charge in [-0.1, -0.05) is 17.7 Å². The van der Waals surface area contributed by atoms with Crippen molar-refractivity contribution in [3.63, 3.8) is 0 Å². The van der Waals surface area contributed by atoms with Crippen LogP contribution in [-0.2, 0) is 4.79 Å². The highest BCUT2D eigenvalue weighted by Crippen LogP contribution is 2.40. The number of anilines is 1. The molecule has 1 aliphatic rings. The number of nitro groups is 2. The number of carbonyl (C=O) groups excluding carboxylic acids is 2. The van der Waals surface area contributed by atoms with Crippen molar-refractivity contribution in [1.82, 2.24) is 0 Å². The largest absolute Gasteiger partial charge is 0.502 e. The third-order valence-corrected chi connectivity index (χ3v) is 4.76. The van der Waals surface area contributed by atoms with Gasteiger partial charge < -0.3 is 5.11 Å². The number of nitro benzene ring substituents is 2. The summed E-state index contributed by atoms with van der Waals surface area (Å²) in [5.74, 6) is -1.61. The lowest BCUT2D eigenvalue weighted by Crippen LogP contribution is -2.27. The summed E-state index contributed by atoms with van der Waals surface area (Å²) in [5.41, 5.74) is -1.66. The number of halogens is 1. The van der Waals surface area contributed by atoms with Crippen molar-refractivity contribution in [2.75, 3.05) is 4.90 Å². The summed E-state index contributed by atoms with van der Waals surface area (Å²) >= 11 is 6.39. The minimum Gasteiger partial charge on any atom is -0.502 e. The lowest BCUT2D eigenvalue weighted by atomic mass is 10.1. The summed E-state index contributed by atoms with van der Waals surface area (Å²) < 4.78 is 0. The van der Waals surface area contributed by atoms with Crippen molar-refractivity contribution in [3.05, 3.63) is 72.1 Å². The van der Waals surface area contributed by atoms with E-state index in [0.29, 0.717) is 22.9 Å². The maximum atomic E-state index is 12.6. The van der Waals surface area contributed by atoms with E-state index in [1.807, 2.05) is 0 Å². The topological polar surface area (TPSA) is 144 Å². The van der Waals surface area contributed by atoms with Crippen LogP contribution in [0.15, 0.2) is 41.3 Å². The molecule has 0 atom stereocenters. The third kappa shape index (κ3) is 3.52. The first-order valence-electron chi connectivity index (χ1n) is 7.38. The molecule has 142 valence electrons. The number of benzene rings is 2. The third-order valence-electron chi connectivity index (χ3n) is 3.66. The number of carbonyl (C=O) groups is 2. The number of nitrogens with zero attached hydrogens (tertiary/aromatic N) is 3. The number of hydrogen-bond acceptors (Lipinski definition) is 8. The molecule has 0 aliphatic carbocycles. The molecule has 1 fully saturated rings. The summed E-state index contributed by atoms with van der Waals surface area (Å²) in [5, 5.41) is 31.7. The number of rotatable bonds is 4. The number of imide groups is 1. The predicted octanol–water partition coefficient (Wildman–Crippen LogP) is 4.10. The van der Waals surface area contributed by atoms with Crippen molar-refractivity contribution in [2.24, 2.45) is 0 Å². The van der Waals surface area contributed by atoms with Crippen LogP contribution in [0.25, 0.3) is 6.08 Å². The molecular weight excluding hydrogens is 414 g/mol. The van der Waals surface area contributed by atoms with E-state index in [9.17, 15) is 34.9 Å². The standard InChI is InChI=1S/C16H8ClN3O7S/c17-9-2-1-3-10(6-9)18-15(22)13(28-16(18)23)5-8-4-11(19(24)25)7-12(14(8)21)20(26)27/h1-7,21H/b13-5+. The first kappa shape index (κ1) is 19.3. The van der Waals surface area contributed by atoms with E-state index in [-0.39, 0.29) is 16.2 Å². The van der Waals surface area contributed by atoms with Gasteiger partial charge in [0.15, 0.2) is 0 Å². The highest BCUT2D eigenvalue weighted by Gasteiger charge is 2.37. The number of non-ortho nitro benzene ring substituents is 1. The molecule has 2 aromatic carbocycles. The fourth-order valence-corrected chi connectivity index (χ4v) is 3.44. The molecule has 1 saturated heterocycles. The first-order valence-corrected chi connectivity index (χ1v) is 8.58.